The maximum absolute atomic E-state index is 12.3. The van der Waals surface area contributed by atoms with E-state index in [-0.39, 0.29) is 34.7 Å². The minimum atomic E-state index is -0.217. The first kappa shape index (κ1) is 12.3. The van der Waals surface area contributed by atoms with Gasteiger partial charge in [-0.15, -0.1) is 11.3 Å². The number of nitro groups is 1. The molecule has 0 aromatic carbocycles. The van der Waals surface area contributed by atoms with Crippen molar-refractivity contribution in [3.05, 3.63) is 32.0 Å². The van der Waals surface area contributed by atoms with E-state index in [1.807, 2.05) is 4.90 Å². The Hall–Kier alpha value is -1.43. The van der Waals surface area contributed by atoms with Gasteiger partial charge in [-0.05, 0) is 36.3 Å². The molecule has 6 heteroatoms. The van der Waals surface area contributed by atoms with Crippen LogP contribution in [0.5, 0.6) is 0 Å². The third-order valence-corrected chi connectivity index (χ3v) is 6.39. The number of hydrogen-bond acceptors (Lipinski definition) is 4. The van der Waals surface area contributed by atoms with Gasteiger partial charge in [0.2, 0.25) is 12.5 Å². The minimum Gasteiger partial charge on any atom is -0.332 e. The summed E-state index contributed by atoms with van der Waals surface area (Å²) < 4.78 is 0. The molecule has 2 fully saturated rings. The molecule has 5 nitrogen and oxygen atoms in total. The normalized spacial score (nSPS) is 34.8. The van der Waals surface area contributed by atoms with Gasteiger partial charge in [0, 0.05) is 34.6 Å². The van der Waals surface area contributed by atoms with E-state index in [0.717, 1.165) is 25.8 Å². The van der Waals surface area contributed by atoms with E-state index in [4.69, 9.17) is 0 Å². The predicted octanol–water partition coefficient (Wildman–Crippen LogP) is 2.03. The summed E-state index contributed by atoms with van der Waals surface area (Å²) in [5.41, 5.74) is 1.07. The van der Waals surface area contributed by atoms with Crippen molar-refractivity contribution in [1.29, 1.82) is 0 Å². The van der Waals surface area contributed by atoms with Crippen molar-refractivity contribution in [2.45, 2.75) is 31.2 Å². The Kier molecular flexibility index (Phi) is 2.49. The standard InChI is InChI=1S/C14H16N2O3S/c17-13-7-11-9(8-16(18)19)1-4-14(11)10-3-6-20-12(10)2-5-15(13)14/h3,6,9,11H,1-2,4-5,7-8H2/t9-,11-,14-/m0/s1. The highest BCUT2D eigenvalue weighted by Crippen LogP contribution is 2.59. The largest absolute Gasteiger partial charge is 0.332 e. The predicted molar refractivity (Wildman–Crippen MR) is 74.1 cm³/mol. The highest BCUT2D eigenvalue weighted by atomic mass is 32.1. The lowest BCUT2D eigenvalue weighted by molar-refractivity contribution is -0.489. The fourth-order valence-electron chi connectivity index (χ4n) is 4.72. The first-order valence-electron chi connectivity index (χ1n) is 7.12. The van der Waals surface area contributed by atoms with Gasteiger partial charge in [0.1, 0.15) is 0 Å². The quantitative estimate of drug-likeness (QED) is 0.619. The van der Waals surface area contributed by atoms with Crippen LogP contribution >= 0.6 is 11.3 Å². The Morgan fingerprint density at radius 2 is 2.40 bits per heavy atom. The molecule has 3 atom stereocenters. The van der Waals surface area contributed by atoms with Gasteiger partial charge in [-0.3, -0.25) is 14.9 Å². The lowest BCUT2D eigenvalue weighted by Gasteiger charge is -2.43. The number of carbonyl (C=O) groups is 1. The highest BCUT2D eigenvalue weighted by Gasteiger charge is 2.62. The number of fused-ring (bicyclic) bond motifs is 1. The van der Waals surface area contributed by atoms with Crippen LogP contribution in [-0.4, -0.2) is 28.8 Å². The van der Waals surface area contributed by atoms with Gasteiger partial charge in [-0.25, -0.2) is 0 Å². The lowest BCUT2D eigenvalue weighted by Crippen LogP contribution is -2.48. The number of amides is 1. The van der Waals surface area contributed by atoms with E-state index >= 15 is 0 Å². The van der Waals surface area contributed by atoms with Crippen LogP contribution in [0.2, 0.25) is 0 Å². The molecule has 2 aliphatic heterocycles. The van der Waals surface area contributed by atoms with Gasteiger partial charge < -0.3 is 4.90 Å². The average Bonchev–Trinajstić information content (AvgIpc) is 3.04. The summed E-state index contributed by atoms with van der Waals surface area (Å²) in [4.78, 5) is 26.4. The molecule has 20 heavy (non-hydrogen) atoms. The van der Waals surface area contributed by atoms with Gasteiger partial charge >= 0.3 is 0 Å². The average molecular weight is 292 g/mol. The second kappa shape index (κ2) is 4.04. The molecular weight excluding hydrogens is 276 g/mol. The van der Waals surface area contributed by atoms with Crippen LogP contribution in [0.15, 0.2) is 11.4 Å². The summed E-state index contributed by atoms with van der Waals surface area (Å²) in [5, 5.41) is 13.0. The summed E-state index contributed by atoms with van der Waals surface area (Å²) in [7, 11) is 0. The number of nitrogens with zero attached hydrogens (tertiary/aromatic N) is 2. The Bertz CT molecular complexity index is 599. The monoisotopic (exact) mass is 292 g/mol. The number of carbonyl (C=O) groups excluding carboxylic acids is 1. The molecular formula is C14H16N2O3S. The highest BCUT2D eigenvalue weighted by molar-refractivity contribution is 7.10. The van der Waals surface area contributed by atoms with E-state index in [1.54, 1.807) is 11.3 Å². The lowest BCUT2D eigenvalue weighted by atomic mass is 9.77. The molecule has 3 aliphatic rings. The van der Waals surface area contributed by atoms with Crippen LogP contribution in [-0.2, 0) is 16.8 Å². The van der Waals surface area contributed by atoms with E-state index < -0.39 is 0 Å². The molecule has 106 valence electrons. The van der Waals surface area contributed by atoms with Crippen LogP contribution in [0.4, 0.5) is 0 Å². The van der Waals surface area contributed by atoms with Gasteiger partial charge in [0.05, 0.1) is 5.54 Å². The zero-order chi connectivity index (χ0) is 13.9. The maximum Gasteiger partial charge on any atom is 0.223 e. The van der Waals surface area contributed by atoms with Crippen molar-refractivity contribution in [3.63, 3.8) is 0 Å². The Morgan fingerprint density at radius 1 is 1.55 bits per heavy atom. The van der Waals surface area contributed by atoms with Crippen molar-refractivity contribution in [2.75, 3.05) is 13.1 Å². The van der Waals surface area contributed by atoms with Gasteiger partial charge in [-0.1, -0.05) is 0 Å². The van der Waals surface area contributed by atoms with Crippen molar-refractivity contribution < 1.29 is 9.72 Å². The van der Waals surface area contributed by atoms with E-state index in [0.29, 0.717) is 6.42 Å². The Labute approximate surface area is 120 Å². The van der Waals surface area contributed by atoms with Crippen LogP contribution in [0.3, 0.4) is 0 Å². The first-order valence-corrected chi connectivity index (χ1v) is 8.00. The molecule has 1 saturated heterocycles. The second-order valence-corrected chi connectivity index (χ2v) is 7.10. The summed E-state index contributed by atoms with van der Waals surface area (Å²) >= 11 is 1.76. The Balaban J connectivity index is 1.80. The molecule has 1 aliphatic carbocycles. The van der Waals surface area contributed by atoms with E-state index in [1.165, 1.54) is 10.4 Å². The number of rotatable bonds is 2. The summed E-state index contributed by atoms with van der Waals surface area (Å²) in [5.74, 6) is 0.374. The zero-order valence-electron chi connectivity index (χ0n) is 11.1. The zero-order valence-corrected chi connectivity index (χ0v) is 11.9. The molecule has 0 bridgehead atoms. The smallest absolute Gasteiger partial charge is 0.223 e. The van der Waals surface area contributed by atoms with Crippen LogP contribution < -0.4 is 0 Å². The van der Waals surface area contributed by atoms with Crippen molar-refractivity contribution in [1.82, 2.24) is 4.90 Å². The van der Waals surface area contributed by atoms with Crippen molar-refractivity contribution in [3.8, 4) is 0 Å². The fraction of sp³-hybridized carbons (Fsp3) is 0.643. The molecule has 0 N–H and O–H groups in total. The molecule has 0 radical (unpaired) electrons. The van der Waals surface area contributed by atoms with E-state index in [2.05, 4.69) is 11.4 Å². The molecule has 1 aromatic rings. The van der Waals surface area contributed by atoms with Gasteiger partial charge in [-0.2, -0.15) is 0 Å². The molecule has 1 amide bonds. The summed E-state index contributed by atoms with van der Waals surface area (Å²) in [6, 6.07) is 2.15. The van der Waals surface area contributed by atoms with E-state index in [9.17, 15) is 14.9 Å². The minimum absolute atomic E-state index is 0.00695. The topological polar surface area (TPSA) is 63.4 Å². The molecule has 1 saturated carbocycles. The van der Waals surface area contributed by atoms with Gasteiger partial charge in [0.15, 0.2) is 0 Å². The number of hydrogen-bond donors (Lipinski definition) is 0. The number of thiophene rings is 1. The van der Waals surface area contributed by atoms with Crippen LogP contribution in [0.25, 0.3) is 0 Å². The SMILES string of the molecule is O=C1C[C@H]2[C@H](C[N+](=O)[O-])CC[C@]23c2ccsc2CCN13. The summed E-state index contributed by atoms with van der Waals surface area (Å²) in [6.07, 6.45) is 3.19. The van der Waals surface area contributed by atoms with Crippen LogP contribution in [0, 0.1) is 22.0 Å². The first-order chi connectivity index (χ1) is 9.63. The fourth-order valence-corrected chi connectivity index (χ4v) is 5.67. The van der Waals surface area contributed by atoms with Crippen molar-refractivity contribution >= 4 is 17.2 Å². The summed E-state index contributed by atoms with van der Waals surface area (Å²) in [6.45, 7) is 0.793. The third-order valence-electron chi connectivity index (χ3n) is 5.41. The molecule has 1 spiro atoms. The Morgan fingerprint density at radius 3 is 3.20 bits per heavy atom. The van der Waals surface area contributed by atoms with Crippen molar-refractivity contribution in [2.24, 2.45) is 11.8 Å². The molecule has 3 heterocycles. The van der Waals surface area contributed by atoms with Gasteiger partial charge in [0.25, 0.3) is 0 Å². The second-order valence-electron chi connectivity index (χ2n) is 6.10. The maximum atomic E-state index is 12.3. The molecule has 0 unspecified atom stereocenters. The van der Waals surface area contributed by atoms with Crippen LogP contribution in [0.1, 0.15) is 29.7 Å². The third kappa shape index (κ3) is 1.40. The molecule has 1 aromatic heterocycles. The molecule has 4 rings (SSSR count).